The van der Waals surface area contributed by atoms with Crippen molar-refractivity contribution in [2.45, 2.75) is 13.8 Å². The zero-order valence-electron chi connectivity index (χ0n) is 11.8. The first-order chi connectivity index (χ1) is 10.1. The average molecular weight is 297 g/mol. The SMILES string of the molecule is Cc1cc(C)n(-c2cccc(NC(=O)c3ccsc3)c2)n1. The predicted molar refractivity (Wildman–Crippen MR) is 85.3 cm³/mol. The second-order valence-corrected chi connectivity index (χ2v) is 5.64. The van der Waals surface area contributed by atoms with Crippen molar-refractivity contribution >= 4 is 22.9 Å². The Morgan fingerprint density at radius 2 is 2.10 bits per heavy atom. The van der Waals surface area contributed by atoms with Gasteiger partial charge in [0.1, 0.15) is 0 Å². The highest BCUT2D eigenvalue weighted by Gasteiger charge is 2.08. The number of nitrogens with one attached hydrogen (secondary N) is 1. The number of anilines is 1. The van der Waals surface area contributed by atoms with Crippen molar-refractivity contribution in [1.29, 1.82) is 0 Å². The van der Waals surface area contributed by atoms with Crippen LogP contribution in [0.4, 0.5) is 5.69 Å². The van der Waals surface area contributed by atoms with Crippen molar-refractivity contribution in [2.24, 2.45) is 0 Å². The van der Waals surface area contributed by atoms with Crippen LogP contribution in [0.25, 0.3) is 5.69 Å². The Bertz CT molecular complexity index is 775. The van der Waals surface area contributed by atoms with E-state index >= 15 is 0 Å². The third kappa shape index (κ3) is 2.87. The second kappa shape index (κ2) is 5.54. The molecule has 0 aliphatic rings. The number of nitrogens with zero attached hydrogens (tertiary/aromatic N) is 2. The van der Waals surface area contributed by atoms with Gasteiger partial charge in [0.05, 0.1) is 16.9 Å². The summed E-state index contributed by atoms with van der Waals surface area (Å²) in [5.74, 6) is -0.0956. The van der Waals surface area contributed by atoms with Crippen LogP contribution >= 0.6 is 11.3 Å². The highest BCUT2D eigenvalue weighted by molar-refractivity contribution is 7.08. The second-order valence-electron chi connectivity index (χ2n) is 4.86. The van der Waals surface area contributed by atoms with Crippen molar-refractivity contribution in [3.05, 3.63) is 64.1 Å². The van der Waals surface area contributed by atoms with Gasteiger partial charge in [-0.2, -0.15) is 16.4 Å². The summed E-state index contributed by atoms with van der Waals surface area (Å²) in [7, 11) is 0. The Hall–Kier alpha value is -2.40. The topological polar surface area (TPSA) is 46.9 Å². The number of aryl methyl sites for hydroxylation is 2. The van der Waals surface area contributed by atoms with Gasteiger partial charge < -0.3 is 5.32 Å². The minimum atomic E-state index is -0.0956. The van der Waals surface area contributed by atoms with Gasteiger partial charge in [0.25, 0.3) is 5.91 Å². The zero-order valence-corrected chi connectivity index (χ0v) is 12.6. The lowest BCUT2D eigenvalue weighted by Gasteiger charge is -2.08. The van der Waals surface area contributed by atoms with Crippen molar-refractivity contribution in [2.75, 3.05) is 5.32 Å². The van der Waals surface area contributed by atoms with Crippen molar-refractivity contribution < 1.29 is 4.79 Å². The highest BCUT2D eigenvalue weighted by Crippen LogP contribution is 2.18. The Morgan fingerprint density at radius 3 is 2.76 bits per heavy atom. The van der Waals surface area contributed by atoms with Gasteiger partial charge in [0.15, 0.2) is 0 Å². The minimum absolute atomic E-state index is 0.0956. The lowest BCUT2D eigenvalue weighted by Crippen LogP contribution is -2.11. The van der Waals surface area contributed by atoms with Crippen LogP contribution in [0.3, 0.4) is 0 Å². The molecule has 1 amide bonds. The smallest absolute Gasteiger partial charge is 0.256 e. The summed E-state index contributed by atoms with van der Waals surface area (Å²) >= 11 is 1.51. The van der Waals surface area contributed by atoms with Crippen molar-refractivity contribution in [3.63, 3.8) is 0 Å². The monoisotopic (exact) mass is 297 g/mol. The summed E-state index contributed by atoms with van der Waals surface area (Å²) in [4.78, 5) is 12.1. The first kappa shape index (κ1) is 13.6. The maximum atomic E-state index is 12.1. The molecule has 21 heavy (non-hydrogen) atoms. The Kier molecular flexibility index (Phi) is 3.58. The van der Waals surface area contributed by atoms with Crippen LogP contribution in [0.1, 0.15) is 21.7 Å². The summed E-state index contributed by atoms with van der Waals surface area (Å²) in [5.41, 5.74) is 4.41. The van der Waals surface area contributed by atoms with Crippen LogP contribution in [0.15, 0.2) is 47.2 Å². The quantitative estimate of drug-likeness (QED) is 0.799. The Morgan fingerprint density at radius 1 is 1.24 bits per heavy atom. The first-order valence-electron chi connectivity index (χ1n) is 6.61. The first-order valence-corrected chi connectivity index (χ1v) is 7.55. The maximum Gasteiger partial charge on any atom is 0.256 e. The lowest BCUT2D eigenvalue weighted by molar-refractivity contribution is 0.102. The molecule has 0 bridgehead atoms. The summed E-state index contributed by atoms with van der Waals surface area (Å²) < 4.78 is 1.87. The number of carbonyl (C=O) groups is 1. The largest absolute Gasteiger partial charge is 0.322 e. The predicted octanol–water partition coefficient (Wildman–Crippen LogP) is 3.80. The van der Waals surface area contributed by atoms with Gasteiger partial charge in [-0.3, -0.25) is 4.79 Å². The molecule has 0 saturated heterocycles. The van der Waals surface area contributed by atoms with Crippen LogP contribution < -0.4 is 5.32 Å². The molecule has 0 unspecified atom stereocenters. The molecule has 3 rings (SSSR count). The molecule has 0 atom stereocenters. The molecule has 0 aliphatic heterocycles. The van der Waals surface area contributed by atoms with Crippen LogP contribution in [0.5, 0.6) is 0 Å². The normalized spacial score (nSPS) is 10.6. The fourth-order valence-corrected chi connectivity index (χ4v) is 2.84. The van der Waals surface area contributed by atoms with E-state index in [1.807, 2.05) is 65.7 Å². The fourth-order valence-electron chi connectivity index (χ4n) is 2.20. The van der Waals surface area contributed by atoms with Crippen LogP contribution in [0.2, 0.25) is 0 Å². The van der Waals surface area contributed by atoms with E-state index in [0.717, 1.165) is 22.8 Å². The molecule has 0 spiro atoms. The van der Waals surface area contributed by atoms with Crippen molar-refractivity contribution in [3.8, 4) is 5.69 Å². The molecule has 4 nitrogen and oxygen atoms in total. The number of hydrogen-bond donors (Lipinski definition) is 1. The van der Waals surface area contributed by atoms with E-state index < -0.39 is 0 Å². The van der Waals surface area contributed by atoms with Gasteiger partial charge in [-0.15, -0.1) is 0 Å². The van der Waals surface area contributed by atoms with Crippen molar-refractivity contribution in [1.82, 2.24) is 9.78 Å². The molecule has 2 aromatic heterocycles. The zero-order chi connectivity index (χ0) is 14.8. The molecule has 0 radical (unpaired) electrons. The molecule has 1 N–H and O–H groups in total. The third-order valence-electron chi connectivity index (χ3n) is 3.14. The summed E-state index contributed by atoms with van der Waals surface area (Å²) in [5, 5.41) is 11.1. The summed E-state index contributed by atoms with van der Waals surface area (Å²) in [6.45, 7) is 3.97. The lowest BCUT2D eigenvalue weighted by atomic mass is 10.2. The molecule has 2 heterocycles. The van der Waals surface area contributed by atoms with E-state index in [2.05, 4.69) is 10.4 Å². The molecule has 3 aromatic rings. The van der Waals surface area contributed by atoms with E-state index in [-0.39, 0.29) is 5.91 Å². The van der Waals surface area contributed by atoms with Gasteiger partial charge in [-0.1, -0.05) is 6.07 Å². The molecule has 5 heteroatoms. The van der Waals surface area contributed by atoms with Gasteiger partial charge in [0, 0.05) is 16.8 Å². The highest BCUT2D eigenvalue weighted by atomic mass is 32.1. The molecule has 0 aliphatic carbocycles. The summed E-state index contributed by atoms with van der Waals surface area (Å²) in [6, 6.07) is 11.5. The molecule has 0 fully saturated rings. The molecule has 0 saturated carbocycles. The van der Waals surface area contributed by atoms with Gasteiger partial charge in [0.2, 0.25) is 0 Å². The number of rotatable bonds is 3. The fraction of sp³-hybridized carbons (Fsp3) is 0.125. The van der Waals surface area contributed by atoms with E-state index in [9.17, 15) is 4.79 Å². The van der Waals surface area contributed by atoms with Gasteiger partial charge in [-0.05, 0) is 49.6 Å². The number of amides is 1. The van der Waals surface area contributed by atoms with Gasteiger partial charge >= 0.3 is 0 Å². The van der Waals surface area contributed by atoms with Crippen LogP contribution in [-0.4, -0.2) is 15.7 Å². The van der Waals surface area contributed by atoms with Crippen LogP contribution in [-0.2, 0) is 0 Å². The maximum absolute atomic E-state index is 12.1. The number of hydrogen-bond acceptors (Lipinski definition) is 3. The van der Waals surface area contributed by atoms with Gasteiger partial charge in [-0.25, -0.2) is 4.68 Å². The number of benzene rings is 1. The molecular formula is C16H15N3OS. The van der Waals surface area contributed by atoms with Crippen LogP contribution in [0, 0.1) is 13.8 Å². The third-order valence-corrected chi connectivity index (χ3v) is 3.82. The average Bonchev–Trinajstić information content (AvgIpc) is 3.08. The van der Waals surface area contributed by atoms with E-state index in [4.69, 9.17) is 0 Å². The van der Waals surface area contributed by atoms with E-state index in [1.54, 1.807) is 0 Å². The molecule has 1 aromatic carbocycles. The number of carbonyl (C=O) groups excluding carboxylic acids is 1. The van der Waals surface area contributed by atoms with E-state index in [1.165, 1.54) is 11.3 Å². The molecule has 106 valence electrons. The van der Waals surface area contributed by atoms with E-state index in [0.29, 0.717) is 5.56 Å². The molecular weight excluding hydrogens is 282 g/mol. The standard InChI is InChI=1S/C16H15N3OS/c1-11-8-12(2)19(18-11)15-5-3-4-14(9-15)17-16(20)13-6-7-21-10-13/h3-10H,1-2H3,(H,17,20). The summed E-state index contributed by atoms with van der Waals surface area (Å²) in [6.07, 6.45) is 0. The Balaban J connectivity index is 1.87. The number of aromatic nitrogens is 2. The number of thiophene rings is 1. The Labute approximate surface area is 127 Å². The minimum Gasteiger partial charge on any atom is -0.322 e.